The molecule has 2 aliphatic carbocycles. The van der Waals surface area contributed by atoms with Gasteiger partial charge in [-0.2, -0.15) is 0 Å². The third kappa shape index (κ3) is 3.96. The van der Waals surface area contributed by atoms with E-state index in [-0.39, 0.29) is 18.0 Å². The molecule has 2 heterocycles. The molecule has 5 rings (SSSR count). The van der Waals surface area contributed by atoms with Crippen molar-refractivity contribution in [3.63, 3.8) is 0 Å². The van der Waals surface area contributed by atoms with E-state index in [1.165, 1.54) is 30.0 Å². The van der Waals surface area contributed by atoms with Crippen LogP contribution in [0.2, 0.25) is 0 Å². The Hall–Kier alpha value is -2.54. The topological polar surface area (TPSA) is 75.9 Å². The molecule has 2 saturated carbocycles. The summed E-state index contributed by atoms with van der Waals surface area (Å²) in [6.45, 7) is 5.12. The van der Waals surface area contributed by atoms with Crippen LogP contribution in [0.25, 0.3) is 0 Å². The molecule has 1 aliphatic heterocycles. The van der Waals surface area contributed by atoms with Crippen LogP contribution in [0.3, 0.4) is 0 Å². The van der Waals surface area contributed by atoms with Crippen molar-refractivity contribution in [3.05, 3.63) is 53.9 Å². The second kappa shape index (κ2) is 7.71. The molecule has 29 heavy (non-hydrogen) atoms. The zero-order chi connectivity index (χ0) is 19.8. The fourth-order valence-corrected chi connectivity index (χ4v) is 4.35. The number of aromatic nitrogens is 4. The number of carbonyl (C=O) groups is 1. The molecule has 7 heteroatoms. The fraction of sp³-hybridized carbons (Fsp3) is 0.545. The van der Waals surface area contributed by atoms with Crippen LogP contribution in [-0.2, 0) is 4.79 Å². The quantitative estimate of drug-likeness (QED) is 0.734. The Kier molecular flexibility index (Phi) is 4.91. The number of hydrogen-bond donors (Lipinski definition) is 1. The molecule has 0 bridgehead atoms. The second-order valence-corrected chi connectivity index (χ2v) is 8.58. The highest BCUT2D eigenvalue weighted by molar-refractivity contribution is 5.87. The van der Waals surface area contributed by atoms with Gasteiger partial charge in [0.2, 0.25) is 5.91 Å². The Balaban J connectivity index is 1.41. The maximum atomic E-state index is 12.1. The number of tetrazole rings is 1. The Morgan fingerprint density at radius 1 is 1.17 bits per heavy atom. The lowest BCUT2D eigenvalue weighted by Crippen LogP contribution is -2.49. The van der Waals surface area contributed by atoms with Gasteiger partial charge in [-0.25, -0.2) is 4.68 Å². The van der Waals surface area contributed by atoms with Crippen LogP contribution in [0.15, 0.2) is 36.9 Å². The average molecular weight is 393 g/mol. The molecule has 7 nitrogen and oxygen atoms in total. The van der Waals surface area contributed by atoms with E-state index < -0.39 is 0 Å². The highest BCUT2D eigenvalue weighted by Crippen LogP contribution is 2.41. The van der Waals surface area contributed by atoms with Crippen molar-refractivity contribution in [2.45, 2.75) is 62.6 Å². The first-order valence-corrected chi connectivity index (χ1v) is 10.8. The van der Waals surface area contributed by atoms with Gasteiger partial charge in [-0.3, -0.25) is 10.1 Å². The zero-order valence-electron chi connectivity index (χ0n) is 16.7. The number of carbonyl (C=O) groups excluding carboxylic acids is 1. The Morgan fingerprint density at radius 2 is 1.97 bits per heavy atom. The van der Waals surface area contributed by atoms with Gasteiger partial charge in [0.15, 0.2) is 5.82 Å². The van der Waals surface area contributed by atoms with Crippen LogP contribution >= 0.6 is 0 Å². The second-order valence-electron chi connectivity index (χ2n) is 8.58. The molecule has 1 aromatic carbocycles. The lowest BCUT2D eigenvalue weighted by atomic mass is 9.99. The first-order chi connectivity index (χ1) is 14.2. The first-order valence-electron chi connectivity index (χ1n) is 10.8. The predicted molar refractivity (Wildman–Crippen MR) is 109 cm³/mol. The summed E-state index contributed by atoms with van der Waals surface area (Å²) in [5.74, 6) is 1.62. The van der Waals surface area contributed by atoms with Crippen molar-refractivity contribution >= 4 is 5.91 Å². The number of hydrogen-bond acceptors (Lipinski definition) is 5. The molecule has 152 valence electrons. The molecule has 1 N–H and O–H groups in total. The Bertz CT molecular complexity index is 883. The standard InChI is InChI=1S/C22H28N6O/c1-2-20(29)27-13-3-4-18(14-27)23-21(22-24-25-26-28(22)19-11-12-19)17-9-7-16(8-10-17)15-5-6-15/h2,7-10,15,18-19,21,23H,1,3-6,11-14H2. The summed E-state index contributed by atoms with van der Waals surface area (Å²) in [4.78, 5) is 14.0. The van der Waals surface area contributed by atoms with Gasteiger partial charge in [-0.1, -0.05) is 30.8 Å². The third-order valence-corrected chi connectivity index (χ3v) is 6.30. The van der Waals surface area contributed by atoms with Gasteiger partial charge >= 0.3 is 0 Å². The van der Waals surface area contributed by atoms with Crippen LogP contribution in [0.1, 0.15) is 73.5 Å². The van der Waals surface area contributed by atoms with E-state index in [1.54, 1.807) is 0 Å². The molecule has 1 aromatic heterocycles. The number of rotatable bonds is 7. The number of amides is 1. The van der Waals surface area contributed by atoms with Crippen molar-refractivity contribution in [2.75, 3.05) is 13.1 Å². The fourth-order valence-electron chi connectivity index (χ4n) is 4.35. The molecule has 0 spiro atoms. The van der Waals surface area contributed by atoms with Gasteiger partial charge in [-0.15, -0.1) is 5.10 Å². The van der Waals surface area contributed by atoms with Crippen LogP contribution in [0, 0.1) is 0 Å². The SMILES string of the molecule is C=CC(=O)N1CCCC(NC(c2ccc(C3CC3)cc2)c2nnnn2C2CC2)C1. The summed E-state index contributed by atoms with van der Waals surface area (Å²) in [6.07, 6.45) is 8.30. The van der Waals surface area contributed by atoms with Gasteiger partial charge in [0.25, 0.3) is 0 Å². The summed E-state index contributed by atoms with van der Waals surface area (Å²) < 4.78 is 1.99. The van der Waals surface area contributed by atoms with Gasteiger partial charge in [-0.05, 0) is 72.1 Å². The largest absolute Gasteiger partial charge is 0.338 e. The molecule has 3 aliphatic rings. The number of likely N-dealkylation sites (tertiary alicyclic amines) is 1. The maximum Gasteiger partial charge on any atom is 0.246 e. The normalized spacial score (nSPS) is 23.0. The van der Waals surface area contributed by atoms with Gasteiger partial charge < -0.3 is 4.90 Å². The molecular formula is C22H28N6O. The van der Waals surface area contributed by atoms with Crippen LogP contribution in [0.5, 0.6) is 0 Å². The average Bonchev–Trinajstić information content (AvgIpc) is 3.70. The summed E-state index contributed by atoms with van der Waals surface area (Å²) in [5, 5.41) is 16.4. The molecular weight excluding hydrogens is 364 g/mol. The molecule has 2 aromatic rings. The molecule has 2 atom stereocenters. The molecule has 0 radical (unpaired) electrons. The third-order valence-electron chi connectivity index (χ3n) is 6.30. The maximum absolute atomic E-state index is 12.1. The zero-order valence-corrected chi connectivity index (χ0v) is 16.7. The summed E-state index contributed by atoms with van der Waals surface area (Å²) >= 11 is 0. The number of nitrogens with one attached hydrogen (secondary N) is 1. The minimum Gasteiger partial charge on any atom is -0.338 e. The van der Waals surface area contributed by atoms with E-state index in [9.17, 15) is 4.79 Å². The molecule has 2 unspecified atom stereocenters. The smallest absolute Gasteiger partial charge is 0.246 e. The van der Waals surface area contributed by atoms with Crippen molar-refractivity contribution in [1.82, 2.24) is 30.4 Å². The van der Waals surface area contributed by atoms with Crippen molar-refractivity contribution in [1.29, 1.82) is 0 Å². The number of nitrogens with zero attached hydrogens (tertiary/aromatic N) is 5. The highest BCUT2D eigenvalue weighted by atomic mass is 16.2. The van der Waals surface area contributed by atoms with Crippen molar-refractivity contribution in [3.8, 4) is 0 Å². The first kappa shape index (κ1) is 18.5. The van der Waals surface area contributed by atoms with E-state index in [4.69, 9.17) is 0 Å². The molecule has 3 fully saturated rings. The highest BCUT2D eigenvalue weighted by Gasteiger charge is 2.33. The Morgan fingerprint density at radius 3 is 2.66 bits per heavy atom. The Labute approximate surface area is 171 Å². The lowest BCUT2D eigenvalue weighted by Gasteiger charge is -2.35. The van der Waals surface area contributed by atoms with E-state index in [0.717, 1.165) is 44.0 Å². The monoisotopic (exact) mass is 392 g/mol. The minimum atomic E-state index is -0.0809. The summed E-state index contributed by atoms with van der Waals surface area (Å²) in [5.41, 5.74) is 2.60. The number of benzene rings is 1. The van der Waals surface area contributed by atoms with Crippen molar-refractivity contribution < 1.29 is 4.79 Å². The van der Waals surface area contributed by atoms with E-state index in [2.05, 4.69) is 51.7 Å². The summed E-state index contributed by atoms with van der Waals surface area (Å²) in [7, 11) is 0. The van der Waals surface area contributed by atoms with Crippen LogP contribution in [-0.4, -0.2) is 50.1 Å². The van der Waals surface area contributed by atoms with Crippen molar-refractivity contribution in [2.24, 2.45) is 0 Å². The van der Waals surface area contributed by atoms with Gasteiger partial charge in [0.05, 0.1) is 12.1 Å². The van der Waals surface area contributed by atoms with Gasteiger partial charge in [0.1, 0.15) is 0 Å². The van der Waals surface area contributed by atoms with Crippen LogP contribution < -0.4 is 5.32 Å². The van der Waals surface area contributed by atoms with E-state index in [0.29, 0.717) is 12.6 Å². The van der Waals surface area contributed by atoms with Crippen LogP contribution in [0.4, 0.5) is 0 Å². The lowest BCUT2D eigenvalue weighted by molar-refractivity contribution is -0.127. The molecule has 1 amide bonds. The minimum absolute atomic E-state index is 0.00431. The summed E-state index contributed by atoms with van der Waals surface area (Å²) in [6, 6.07) is 9.47. The van der Waals surface area contributed by atoms with E-state index >= 15 is 0 Å². The predicted octanol–water partition coefficient (Wildman–Crippen LogP) is 2.74. The van der Waals surface area contributed by atoms with E-state index in [1.807, 2.05) is 9.58 Å². The molecule has 1 saturated heterocycles. The number of piperidine rings is 1. The van der Waals surface area contributed by atoms with Gasteiger partial charge in [0, 0.05) is 19.1 Å².